The van der Waals surface area contributed by atoms with Crippen molar-refractivity contribution in [3.8, 4) is 0 Å². The zero-order chi connectivity index (χ0) is 14.8. The van der Waals surface area contributed by atoms with Gasteiger partial charge in [0.05, 0.1) is 0 Å². The molecule has 2 amide bonds. The Morgan fingerprint density at radius 1 is 1.14 bits per heavy atom. The van der Waals surface area contributed by atoms with Gasteiger partial charge in [-0.3, -0.25) is 9.59 Å². The van der Waals surface area contributed by atoms with Gasteiger partial charge < -0.3 is 16.0 Å². The third-order valence-electron chi connectivity index (χ3n) is 4.50. The van der Waals surface area contributed by atoms with Gasteiger partial charge in [-0.05, 0) is 37.8 Å². The van der Waals surface area contributed by atoms with Crippen molar-refractivity contribution >= 4 is 24.2 Å². The average molecular weight is 318 g/mol. The Morgan fingerprint density at radius 3 is 2.29 bits per heavy atom. The number of carbonyl (C=O) groups is 2. The van der Waals surface area contributed by atoms with Crippen molar-refractivity contribution in [2.75, 3.05) is 26.2 Å². The van der Waals surface area contributed by atoms with Gasteiger partial charge >= 0.3 is 0 Å². The van der Waals surface area contributed by atoms with Crippen molar-refractivity contribution in [3.05, 3.63) is 0 Å². The molecular weight excluding hydrogens is 290 g/mol. The summed E-state index contributed by atoms with van der Waals surface area (Å²) in [5.74, 6) is 0.382. The van der Waals surface area contributed by atoms with Gasteiger partial charge in [-0.2, -0.15) is 0 Å². The van der Waals surface area contributed by atoms with Crippen LogP contribution in [0.1, 0.15) is 40.0 Å². The maximum Gasteiger partial charge on any atom is 0.225 e. The maximum absolute atomic E-state index is 12.1. The average Bonchev–Trinajstić information content (AvgIpc) is 3.07. The highest BCUT2D eigenvalue weighted by Crippen LogP contribution is 2.58. The second-order valence-electron chi connectivity index (χ2n) is 7.17. The largest absolute Gasteiger partial charge is 0.354 e. The minimum Gasteiger partial charge on any atom is -0.354 e. The molecule has 5 nitrogen and oxygen atoms in total. The SMILES string of the molecule is CC(C)(C)C(=O)NCCNC(=O)C1CC12CCNCC2.Cl. The monoisotopic (exact) mass is 317 g/mol. The number of piperidine rings is 1. The molecule has 1 heterocycles. The second kappa shape index (κ2) is 6.97. The Morgan fingerprint density at radius 2 is 1.71 bits per heavy atom. The summed E-state index contributed by atoms with van der Waals surface area (Å²) in [6.45, 7) is 8.73. The van der Waals surface area contributed by atoms with Gasteiger partial charge in [0.1, 0.15) is 0 Å². The van der Waals surface area contributed by atoms with Gasteiger partial charge in [-0.25, -0.2) is 0 Å². The number of amides is 2. The van der Waals surface area contributed by atoms with E-state index in [0.717, 1.165) is 32.4 Å². The fraction of sp³-hybridized carbons (Fsp3) is 0.867. The number of nitrogens with one attached hydrogen (secondary N) is 3. The molecule has 1 unspecified atom stereocenters. The first-order valence-corrected chi connectivity index (χ1v) is 7.62. The van der Waals surface area contributed by atoms with E-state index in [0.29, 0.717) is 13.1 Å². The van der Waals surface area contributed by atoms with Crippen LogP contribution in [-0.4, -0.2) is 38.0 Å². The van der Waals surface area contributed by atoms with Crippen LogP contribution in [0.3, 0.4) is 0 Å². The predicted molar refractivity (Wildman–Crippen MR) is 85.4 cm³/mol. The van der Waals surface area contributed by atoms with E-state index in [2.05, 4.69) is 16.0 Å². The lowest BCUT2D eigenvalue weighted by Crippen LogP contribution is -2.40. The lowest BCUT2D eigenvalue weighted by molar-refractivity contribution is -0.129. The van der Waals surface area contributed by atoms with Crippen molar-refractivity contribution in [3.63, 3.8) is 0 Å². The summed E-state index contributed by atoms with van der Waals surface area (Å²) < 4.78 is 0. The molecule has 1 saturated heterocycles. The fourth-order valence-electron chi connectivity index (χ4n) is 2.95. The molecule has 21 heavy (non-hydrogen) atoms. The van der Waals surface area contributed by atoms with Crippen LogP contribution in [0.4, 0.5) is 0 Å². The highest BCUT2D eigenvalue weighted by atomic mass is 35.5. The molecule has 0 aromatic heterocycles. The molecule has 0 radical (unpaired) electrons. The van der Waals surface area contributed by atoms with Crippen molar-refractivity contribution in [1.29, 1.82) is 0 Å². The summed E-state index contributed by atoms with van der Waals surface area (Å²) in [5.41, 5.74) is -0.0936. The number of hydrogen-bond donors (Lipinski definition) is 3. The van der Waals surface area contributed by atoms with Gasteiger partial charge in [0.2, 0.25) is 11.8 Å². The standard InChI is InChI=1S/C15H27N3O2.ClH/c1-14(2,3)13(20)18-9-8-17-12(19)11-10-15(11)4-6-16-7-5-15;/h11,16H,4-10H2,1-3H3,(H,17,19)(H,18,20);1H. The number of hydrogen-bond acceptors (Lipinski definition) is 3. The smallest absolute Gasteiger partial charge is 0.225 e. The van der Waals surface area contributed by atoms with E-state index < -0.39 is 0 Å². The van der Waals surface area contributed by atoms with Gasteiger partial charge in [0.25, 0.3) is 0 Å². The minimum absolute atomic E-state index is 0. The molecule has 1 atom stereocenters. The summed E-state index contributed by atoms with van der Waals surface area (Å²) in [7, 11) is 0. The van der Waals surface area contributed by atoms with Crippen LogP contribution in [0.15, 0.2) is 0 Å². The van der Waals surface area contributed by atoms with E-state index in [1.54, 1.807) is 0 Å². The molecule has 0 aromatic rings. The summed E-state index contributed by atoms with van der Waals surface area (Å²) in [6.07, 6.45) is 3.27. The third-order valence-corrected chi connectivity index (χ3v) is 4.50. The van der Waals surface area contributed by atoms with Gasteiger partial charge in [-0.15, -0.1) is 12.4 Å². The first-order chi connectivity index (χ1) is 9.35. The quantitative estimate of drug-likeness (QED) is 0.679. The van der Waals surface area contributed by atoms with Crippen LogP contribution >= 0.6 is 12.4 Å². The molecule has 1 saturated carbocycles. The number of carbonyl (C=O) groups excluding carboxylic acids is 2. The second-order valence-corrected chi connectivity index (χ2v) is 7.17. The van der Waals surface area contributed by atoms with Crippen LogP contribution in [0.25, 0.3) is 0 Å². The van der Waals surface area contributed by atoms with Gasteiger partial charge in [0, 0.05) is 24.4 Å². The maximum atomic E-state index is 12.1. The zero-order valence-electron chi connectivity index (χ0n) is 13.3. The number of halogens is 1. The molecule has 2 fully saturated rings. The topological polar surface area (TPSA) is 70.2 Å². The van der Waals surface area contributed by atoms with Gasteiger partial charge in [-0.1, -0.05) is 20.8 Å². The van der Waals surface area contributed by atoms with Crippen LogP contribution in [0.2, 0.25) is 0 Å². The summed E-state index contributed by atoms with van der Waals surface area (Å²) >= 11 is 0. The van der Waals surface area contributed by atoms with Crippen LogP contribution in [-0.2, 0) is 9.59 Å². The first kappa shape index (κ1) is 18.2. The Hall–Kier alpha value is -0.810. The molecule has 2 rings (SSSR count). The fourth-order valence-corrected chi connectivity index (χ4v) is 2.95. The summed E-state index contributed by atoms with van der Waals surface area (Å²) in [6, 6.07) is 0. The van der Waals surface area contributed by atoms with Gasteiger partial charge in [0.15, 0.2) is 0 Å². The molecule has 1 aliphatic heterocycles. The summed E-state index contributed by atoms with van der Waals surface area (Å²) in [5, 5.41) is 9.13. The molecule has 3 N–H and O–H groups in total. The Balaban J connectivity index is 0.00000220. The van der Waals surface area contributed by atoms with E-state index in [1.807, 2.05) is 20.8 Å². The van der Waals surface area contributed by atoms with Crippen LogP contribution < -0.4 is 16.0 Å². The van der Waals surface area contributed by atoms with E-state index in [4.69, 9.17) is 0 Å². The van der Waals surface area contributed by atoms with Crippen molar-refractivity contribution < 1.29 is 9.59 Å². The molecule has 6 heteroatoms. The Bertz CT molecular complexity index is 387. The van der Waals surface area contributed by atoms with E-state index in [-0.39, 0.29) is 41.0 Å². The molecule has 1 aliphatic carbocycles. The molecule has 1 spiro atoms. The zero-order valence-corrected chi connectivity index (χ0v) is 14.1. The molecular formula is C15H28ClN3O2. The van der Waals surface area contributed by atoms with Crippen molar-refractivity contribution in [2.45, 2.75) is 40.0 Å². The Labute approximate surface area is 133 Å². The summed E-state index contributed by atoms with van der Waals surface area (Å²) in [4.78, 5) is 23.7. The molecule has 2 aliphatic rings. The minimum atomic E-state index is -0.375. The van der Waals surface area contributed by atoms with E-state index in [1.165, 1.54) is 0 Å². The first-order valence-electron chi connectivity index (χ1n) is 7.62. The van der Waals surface area contributed by atoms with Crippen LogP contribution in [0.5, 0.6) is 0 Å². The lowest BCUT2D eigenvalue weighted by Gasteiger charge is -2.23. The van der Waals surface area contributed by atoms with E-state index >= 15 is 0 Å². The highest BCUT2D eigenvalue weighted by molar-refractivity contribution is 5.85. The van der Waals surface area contributed by atoms with E-state index in [9.17, 15) is 9.59 Å². The predicted octanol–water partition coefficient (Wildman–Crippen LogP) is 1.08. The number of rotatable bonds is 4. The third kappa shape index (κ3) is 4.58. The van der Waals surface area contributed by atoms with Crippen LogP contribution in [0, 0.1) is 16.7 Å². The lowest BCUT2D eigenvalue weighted by atomic mass is 9.92. The normalized spacial score (nSPS) is 23.1. The Kier molecular flexibility index (Phi) is 6.05. The van der Waals surface area contributed by atoms with Crippen molar-refractivity contribution in [2.24, 2.45) is 16.7 Å². The molecule has 0 aromatic carbocycles. The molecule has 122 valence electrons. The highest BCUT2D eigenvalue weighted by Gasteiger charge is 2.57. The molecule has 0 bridgehead atoms. The van der Waals surface area contributed by atoms with Crippen molar-refractivity contribution in [1.82, 2.24) is 16.0 Å².